The van der Waals surface area contributed by atoms with Crippen molar-refractivity contribution in [3.05, 3.63) is 52.1 Å². The molecule has 1 aromatic heterocycles. The van der Waals surface area contributed by atoms with Crippen LogP contribution in [0.15, 0.2) is 29.3 Å². The van der Waals surface area contributed by atoms with Crippen molar-refractivity contribution in [2.45, 2.75) is 37.1 Å². The average molecular weight is 499 g/mol. The molecule has 0 unspecified atom stereocenters. The number of rotatable bonds is 8. The van der Waals surface area contributed by atoms with Crippen molar-refractivity contribution in [2.75, 3.05) is 44.4 Å². The molecule has 1 aliphatic heterocycles. The predicted octanol–water partition coefficient (Wildman–Crippen LogP) is 2.87. The van der Waals surface area contributed by atoms with E-state index in [1.807, 2.05) is 31.2 Å². The molecule has 1 fully saturated rings. The Morgan fingerprint density at radius 1 is 1.06 bits per heavy atom. The van der Waals surface area contributed by atoms with Gasteiger partial charge in [0.1, 0.15) is 23.0 Å². The summed E-state index contributed by atoms with van der Waals surface area (Å²) in [5.41, 5.74) is 3.66. The summed E-state index contributed by atoms with van der Waals surface area (Å²) in [6.45, 7) is 5.74. The standard InChI is InChI=1S/C24H30N6O2S2/c1-4-20-21(14-25)23(30-11-5-10-29(2)12-13-30)28-24(22(20)15-26)33-17-19-8-6-18(7-9-19)16-27-34(3,31)32/h6-9,27H,4-5,10-13,16-17H2,1-3H3. The largest absolute Gasteiger partial charge is 0.354 e. The minimum atomic E-state index is -3.24. The fourth-order valence-corrected chi connectivity index (χ4v) is 5.28. The number of likely N-dealkylation sites (N-methyl/N-ethyl adjacent to an activating group) is 1. The molecule has 0 radical (unpaired) electrons. The van der Waals surface area contributed by atoms with E-state index in [4.69, 9.17) is 4.98 Å². The molecule has 2 heterocycles. The van der Waals surface area contributed by atoms with E-state index in [0.29, 0.717) is 34.1 Å². The number of anilines is 1. The maximum atomic E-state index is 11.3. The van der Waals surface area contributed by atoms with Crippen molar-refractivity contribution in [1.82, 2.24) is 14.6 Å². The fourth-order valence-electron chi connectivity index (χ4n) is 3.89. The zero-order chi connectivity index (χ0) is 24.7. The molecule has 1 aliphatic rings. The number of nitrogens with zero attached hydrogens (tertiary/aromatic N) is 5. The highest BCUT2D eigenvalue weighted by atomic mass is 32.2. The summed E-state index contributed by atoms with van der Waals surface area (Å²) in [6, 6.07) is 12.3. The molecule has 1 saturated heterocycles. The van der Waals surface area contributed by atoms with Crippen molar-refractivity contribution >= 4 is 27.6 Å². The molecule has 10 heteroatoms. The van der Waals surface area contributed by atoms with E-state index in [0.717, 1.165) is 55.5 Å². The minimum absolute atomic E-state index is 0.246. The molecule has 8 nitrogen and oxygen atoms in total. The van der Waals surface area contributed by atoms with E-state index in [1.165, 1.54) is 11.8 Å². The van der Waals surface area contributed by atoms with E-state index >= 15 is 0 Å². The van der Waals surface area contributed by atoms with E-state index < -0.39 is 10.0 Å². The molecule has 0 spiro atoms. The van der Waals surface area contributed by atoms with E-state index in [-0.39, 0.29) is 6.54 Å². The monoisotopic (exact) mass is 498 g/mol. The van der Waals surface area contributed by atoms with Gasteiger partial charge in [-0.05, 0) is 43.1 Å². The highest BCUT2D eigenvalue weighted by Crippen LogP contribution is 2.33. The first-order chi connectivity index (χ1) is 16.3. The van der Waals surface area contributed by atoms with Crippen molar-refractivity contribution in [3.63, 3.8) is 0 Å². The van der Waals surface area contributed by atoms with Gasteiger partial charge in [-0.25, -0.2) is 18.1 Å². The molecule has 1 aromatic carbocycles. The van der Waals surface area contributed by atoms with Gasteiger partial charge in [-0.2, -0.15) is 10.5 Å². The zero-order valence-electron chi connectivity index (χ0n) is 19.8. The Kier molecular flexibility index (Phi) is 8.92. The van der Waals surface area contributed by atoms with Gasteiger partial charge in [-0.15, -0.1) is 11.8 Å². The molecule has 0 aliphatic carbocycles. The number of nitriles is 2. The van der Waals surface area contributed by atoms with Crippen LogP contribution < -0.4 is 9.62 Å². The molecule has 0 atom stereocenters. The van der Waals surface area contributed by atoms with Crippen LogP contribution in [-0.2, 0) is 28.7 Å². The molecule has 34 heavy (non-hydrogen) atoms. The van der Waals surface area contributed by atoms with Gasteiger partial charge < -0.3 is 9.80 Å². The Balaban J connectivity index is 1.86. The van der Waals surface area contributed by atoms with Gasteiger partial charge >= 0.3 is 0 Å². The van der Waals surface area contributed by atoms with Crippen molar-refractivity contribution in [1.29, 1.82) is 10.5 Å². The second-order valence-corrected chi connectivity index (χ2v) is 11.2. The molecule has 0 bridgehead atoms. The zero-order valence-corrected chi connectivity index (χ0v) is 21.5. The van der Waals surface area contributed by atoms with Crippen LogP contribution in [0.3, 0.4) is 0 Å². The van der Waals surface area contributed by atoms with Crippen molar-refractivity contribution in [2.24, 2.45) is 0 Å². The molecule has 2 aromatic rings. The predicted molar refractivity (Wildman–Crippen MR) is 135 cm³/mol. The summed E-state index contributed by atoms with van der Waals surface area (Å²) < 4.78 is 25.1. The summed E-state index contributed by atoms with van der Waals surface area (Å²) in [5, 5.41) is 20.5. The molecule has 1 N–H and O–H groups in total. The number of benzene rings is 1. The molecular weight excluding hydrogens is 468 g/mol. The van der Waals surface area contributed by atoms with E-state index in [1.54, 1.807) is 0 Å². The SMILES string of the molecule is CCc1c(C#N)c(SCc2ccc(CNS(C)(=O)=O)cc2)nc(N2CCCN(C)CC2)c1C#N. The maximum absolute atomic E-state index is 11.3. The number of thioether (sulfide) groups is 1. The smallest absolute Gasteiger partial charge is 0.209 e. The number of aromatic nitrogens is 1. The first kappa shape index (κ1) is 26.0. The van der Waals surface area contributed by atoms with E-state index in [9.17, 15) is 18.9 Å². The Morgan fingerprint density at radius 2 is 1.74 bits per heavy atom. The van der Waals surface area contributed by atoms with Crippen LogP contribution >= 0.6 is 11.8 Å². The Labute approximate surface area is 206 Å². The summed E-state index contributed by atoms with van der Waals surface area (Å²) in [7, 11) is -1.14. The quantitative estimate of drug-likeness (QED) is 0.553. The maximum Gasteiger partial charge on any atom is 0.209 e. The topological polar surface area (TPSA) is 113 Å². The lowest BCUT2D eigenvalue weighted by Crippen LogP contribution is -2.30. The lowest BCUT2D eigenvalue weighted by Gasteiger charge is -2.25. The van der Waals surface area contributed by atoms with Crippen molar-refractivity contribution < 1.29 is 8.42 Å². The van der Waals surface area contributed by atoms with Crippen LogP contribution in [-0.4, -0.2) is 57.8 Å². The van der Waals surface area contributed by atoms with Crippen LogP contribution in [0.1, 0.15) is 41.2 Å². The lowest BCUT2D eigenvalue weighted by molar-refractivity contribution is 0.360. The van der Waals surface area contributed by atoms with Crippen LogP contribution in [0.4, 0.5) is 5.82 Å². The lowest BCUT2D eigenvalue weighted by atomic mass is 10.0. The Bertz CT molecular complexity index is 1200. The summed E-state index contributed by atoms with van der Waals surface area (Å²) >= 11 is 1.49. The third-order valence-electron chi connectivity index (χ3n) is 5.78. The Hall–Kier alpha value is -2.63. The summed E-state index contributed by atoms with van der Waals surface area (Å²) in [6.07, 6.45) is 2.72. The molecule has 0 saturated carbocycles. The minimum Gasteiger partial charge on any atom is -0.354 e. The highest BCUT2D eigenvalue weighted by molar-refractivity contribution is 7.98. The Morgan fingerprint density at radius 3 is 2.35 bits per heavy atom. The molecule has 0 amide bonds. The van der Waals surface area contributed by atoms with Gasteiger partial charge in [0.25, 0.3) is 0 Å². The number of nitrogens with one attached hydrogen (secondary N) is 1. The molecular formula is C24H30N6O2S2. The average Bonchev–Trinajstić information content (AvgIpc) is 3.04. The second kappa shape index (κ2) is 11.7. The molecule has 3 rings (SSSR count). The van der Waals surface area contributed by atoms with Gasteiger partial charge in [-0.3, -0.25) is 0 Å². The normalized spacial score (nSPS) is 14.9. The van der Waals surface area contributed by atoms with Gasteiger partial charge in [0, 0.05) is 31.9 Å². The summed E-state index contributed by atoms with van der Waals surface area (Å²) in [4.78, 5) is 9.31. The molecule has 180 valence electrons. The van der Waals surface area contributed by atoms with Gasteiger partial charge in [0.2, 0.25) is 10.0 Å². The number of hydrogen-bond donors (Lipinski definition) is 1. The number of pyridine rings is 1. The summed E-state index contributed by atoms with van der Waals surface area (Å²) in [5.74, 6) is 1.29. The first-order valence-electron chi connectivity index (χ1n) is 11.2. The number of hydrogen-bond acceptors (Lipinski definition) is 8. The van der Waals surface area contributed by atoms with Gasteiger partial charge in [0.15, 0.2) is 0 Å². The number of sulfonamides is 1. The van der Waals surface area contributed by atoms with Crippen LogP contribution in [0.25, 0.3) is 0 Å². The fraction of sp³-hybridized carbons (Fsp3) is 0.458. The third kappa shape index (κ3) is 6.71. The van der Waals surface area contributed by atoms with E-state index in [2.05, 4.69) is 33.7 Å². The highest BCUT2D eigenvalue weighted by Gasteiger charge is 2.24. The van der Waals surface area contributed by atoms with Gasteiger partial charge in [0.05, 0.1) is 17.4 Å². The van der Waals surface area contributed by atoms with Crippen LogP contribution in [0, 0.1) is 22.7 Å². The first-order valence-corrected chi connectivity index (χ1v) is 14.1. The second-order valence-electron chi connectivity index (χ2n) is 8.39. The van der Waals surface area contributed by atoms with Crippen molar-refractivity contribution in [3.8, 4) is 12.1 Å². The third-order valence-corrected chi connectivity index (χ3v) is 7.50. The van der Waals surface area contributed by atoms with Gasteiger partial charge in [-0.1, -0.05) is 31.2 Å². The van der Waals surface area contributed by atoms with Crippen LogP contribution in [0.2, 0.25) is 0 Å². The van der Waals surface area contributed by atoms with Crippen LogP contribution in [0.5, 0.6) is 0 Å².